The van der Waals surface area contributed by atoms with Crippen LogP contribution in [0.5, 0.6) is 0 Å². The van der Waals surface area contributed by atoms with Gasteiger partial charge in [0.05, 0.1) is 12.7 Å². The highest BCUT2D eigenvalue weighted by atomic mass is 19.4. The van der Waals surface area contributed by atoms with E-state index < -0.39 is 29.6 Å². The Kier molecular flexibility index (Phi) is 4.88. The fraction of sp³-hybridized carbons (Fsp3) is 0.417. The minimum atomic E-state index is -4.61. The van der Waals surface area contributed by atoms with E-state index in [0.717, 1.165) is 12.1 Å². The summed E-state index contributed by atoms with van der Waals surface area (Å²) in [6.07, 6.45) is -4.61. The highest BCUT2D eigenvalue weighted by Crippen LogP contribution is 2.30. The maximum Gasteiger partial charge on any atom is 0.416 e. The van der Waals surface area contributed by atoms with Gasteiger partial charge in [-0.3, -0.25) is 4.79 Å². The van der Waals surface area contributed by atoms with Crippen LogP contribution in [0.4, 0.5) is 17.6 Å². The molecule has 0 aromatic heterocycles. The number of benzene rings is 1. The summed E-state index contributed by atoms with van der Waals surface area (Å²) in [6, 6.07) is 1.54. The molecule has 0 saturated heterocycles. The predicted octanol–water partition coefficient (Wildman–Crippen LogP) is 2.50. The fourth-order valence-corrected chi connectivity index (χ4v) is 1.45. The maximum atomic E-state index is 13.1. The summed E-state index contributed by atoms with van der Waals surface area (Å²) in [5.41, 5.74) is -0.960. The molecule has 7 heteroatoms. The SMILES string of the molecule is COC(=O)[C@H](C)NCc1cc(F)cc(C(F)(F)F)c1. The number of ether oxygens (including phenoxy) is 1. The Morgan fingerprint density at radius 2 is 2.00 bits per heavy atom. The zero-order valence-electron chi connectivity index (χ0n) is 10.3. The number of nitrogens with one attached hydrogen (secondary N) is 1. The van der Waals surface area contributed by atoms with E-state index in [9.17, 15) is 22.4 Å². The first-order chi connectivity index (χ1) is 8.74. The van der Waals surface area contributed by atoms with E-state index in [1.165, 1.54) is 14.0 Å². The van der Waals surface area contributed by atoms with Crippen molar-refractivity contribution in [1.82, 2.24) is 5.32 Å². The van der Waals surface area contributed by atoms with E-state index in [1.54, 1.807) is 0 Å². The molecule has 0 bridgehead atoms. The lowest BCUT2D eigenvalue weighted by molar-refractivity contribution is -0.142. The van der Waals surface area contributed by atoms with Gasteiger partial charge >= 0.3 is 12.1 Å². The Bertz CT molecular complexity index is 460. The lowest BCUT2D eigenvalue weighted by Gasteiger charge is -2.13. The zero-order valence-corrected chi connectivity index (χ0v) is 10.3. The van der Waals surface area contributed by atoms with Crippen molar-refractivity contribution in [2.45, 2.75) is 25.7 Å². The fourth-order valence-electron chi connectivity index (χ4n) is 1.45. The number of hydrogen-bond donors (Lipinski definition) is 1. The molecule has 0 amide bonds. The largest absolute Gasteiger partial charge is 0.468 e. The summed E-state index contributed by atoms with van der Waals surface area (Å²) in [4.78, 5) is 11.1. The molecule has 0 fully saturated rings. The van der Waals surface area contributed by atoms with Crippen LogP contribution in [-0.2, 0) is 22.3 Å². The van der Waals surface area contributed by atoms with Crippen LogP contribution in [0.15, 0.2) is 18.2 Å². The van der Waals surface area contributed by atoms with Crippen molar-refractivity contribution in [3.8, 4) is 0 Å². The van der Waals surface area contributed by atoms with Crippen LogP contribution in [-0.4, -0.2) is 19.1 Å². The molecule has 0 spiro atoms. The van der Waals surface area contributed by atoms with Crippen molar-refractivity contribution >= 4 is 5.97 Å². The third kappa shape index (κ3) is 4.51. The van der Waals surface area contributed by atoms with Gasteiger partial charge in [-0.05, 0) is 30.7 Å². The van der Waals surface area contributed by atoms with Gasteiger partial charge in [-0.15, -0.1) is 0 Å². The lowest BCUT2D eigenvalue weighted by Crippen LogP contribution is -2.34. The van der Waals surface area contributed by atoms with Crippen molar-refractivity contribution < 1.29 is 27.1 Å². The molecule has 0 aliphatic rings. The second kappa shape index (κ2) is 6.01. The van der Waals surface area contributed by atoms with E-state index in [0.29, 0.717) is 6.07 Å². The van der Waals surface area contributed by atoms with E-state index in [1.807, 2.05) is 0 Å². The molecule has 0 radical (unpaired) electrons. The molecule has 1 aromatic carbocycles. The third-order valence-electron chi connectivity index (χ3n) is 2.45. The highest BCUT2D eigenvalue weighted by molar-refractivity contribution is 5.75. The summed E-state index contributed by atoms with van der Waals surface area (Å²) in [6.45, 7) is 1.42. The van der Waals surface area contributed by atoms with Gasteiger partial charge in [-0.2, -0.15) is 13.2 Å². The van der Waals surface area contributed by atoms with E-state index in [-0.39, 0.29) is 12.1 Å². The molecule has 0 heterocycles. The van der Waals surface area contributed by atoms with Gasteiger partial charge in [-0.1, -0.05) is 0 Å². The number of carbonyl (C=O) groups excluding carboxylic acids is 1. The summed E-state index contributed by atoms with van der Waals surface area (Å²) >= 11 is 0. The van der Waals surface area contributed by atoms with Crippen molar-refractivity contribution in [1.29, 1.82) is 0 Å². The number of alkyl halides is 3. The molecule has 3 nitrogen and oxygen atoms in total. The molecule has 1 N–H and O–H groups in total. The molecule has 1 rings (SSSR count). The summed E-state index contributed by atoms with van der Waals surface area (Å²) in [5, 5.41) is 2.65. The third-order valence-corrected chi connectivity index (χ3v) is 2.45. The van der Waals surface area contributed by atoms with E-state index in [4.69, 9.17) is 0 Å². The van der Waals surface area contributed by atoms with Gasteiger partial charge in [0.25, 0.3) is 0 Å². The van der Waals surface area contributed by atoms with E-state index in [2.05, 4.69) is 10.1 Å². The molecule has 0 aliphatic carbocycles. The van der Waals surface area contributed by atoms with Crippen LogP contribution < -0.4 is 5.32 Å². The topological polar surface area (TPSA) is 38.3 Å². The number of carbonyl (C=O) groups is 1. The Hall–Kier alpha value is -1.63. The van der Waals surface area contributed by atoms with Gasteiger partial charge in [0.2, 0.25) is 0 Å². The van der Waals surface area contributed by atoms with Crippen LogP contribution in [0.3, 0.4) is 0 Å². The second-order valence-corrected chi connectivity index (χ2v) is 3.97. The quantitative estimate of drug-likeness (QED) is 0.680. The molecular weight excluding hydrogens is 266 g/mol. The molecule has 0 saturated carbocycles. The average Bonchev–Trinajstić information content (AvgIpc) is 2.33. The van der Waals surface area contributed by atoms with Crippen molar-refractivity contribution in [2.75, 3.05) is 7.11 Å². The van der Waals surface area contributed by atoms with Crippen molar-refractivity contribution in [3.05, 3.63) is 35.1 Å². The predicted molar refractivity (Wildman–Crippen MR) is 59.7 cm³/mol. The minimum Gasteiger partial charge on any atom is -0.468 e. The van der Waals surface area contributed by atoms with Gasteiger partial charge in [-0.25, -0.2) is 4.39 Å². The van der Waals surface area contributed by atoms with Crippen molar-refractivity contribution in [3.63, 3.8) is 0 Å². The molecule has 106 valence electrons. The normalized spacial score (nSPS) is 13.2. The first kappa shape index (κ1) is 15.4. The van der Waals surface area contributed by atoms with Crippen LogP contribution in [0, 0.1) is 5.82 Å². The standard InChI is InChI=1S/C12H13F4NO2/c1-7(11(18)19-2)17-6-8-3-9(12(14,15)16)5-10(13)4-8/h3-5,7,17H,6H2,1-2H3/t7-/m0/s1. The molecule has 0 unspecified atom stereocenters. The van der Waals surface area contributed by atoms with Crippen LogP contribution >= 0.6 is 0 Å². The molecule has 1 aromatic rings. The monoisotopic (exact) mass is 279 g/mol. The summed E-state index contributed by atoms with van der Waals surface area (Å²) < 4.78 is 54.9. The highest BCUT2D eigenvalue weighted by Gasteiger charge is 2.31. The smallest absolute Gasteiger partial charge is 0.416 e. The van der Waals surface area contributed by atoms with Crippen molar-refractivity contribution in [2.24, 2.45) is 0 Å². The minimum absolute atomic E-state index is 0.0723. The Morgan fingerprint density at radius 1 is 1.37 bits per heavy atom. The Morgan fingerprint density at radius 3 is 2.53 bits per heavy atom. The Balaban J connectivity index is 2.79. The number of methoxy groups -OCH3 is 1. The second-order valence-electron chi connectivity index (χ2n) is 3.97. The van der Waals surface area contributed by atoms with E-state index >= 15 is 0 Å². The summed E-state index contributed by atoms with van der Waals surface area (Å²) in [7, 11) is 1.20. The van der Waals surface area contributed by atoms with Crippen LogP contribution in [0.1, 0.15) is 18.1 Å². The van der Waals surface area contributed by atoms with Gasteiger partial charge in [0, 0.05) is 6.54 Å². The molecule has 1 atom stereocenters. The van der Waals surface area contributed by atoms with Gasteiger partial charge < -0.3 is 10.1 Å². The number of rotatable bonds is 4. The van der Waals surface area contributed by atoms with Crippen LogP contribution in [0.2, 0.25) is 0 Å². The Labute approximate surface area is 107 Å². The maximum absolute atomic E-state index is 13.1. The lowest BCUT2D eigenvalue weighted by atomic mass is 10.1. The van der Waals surface area contributed by atoms with Gasteiger partial charge in [0.15, 0.2) is 0 Å². The first-order valence-corrected chi connectivity index (χ1v) is 5.42. The first-order valence-electron chi connectivity index (χ1n) is 5.42. The zero-order chi connectivity index (χ0) is 14.6. The van der Waals surface area contributed by atoms with Gasteiger partial charge in [0.1, 0.15) is 11.9 Å². The molecular formula is C12H13F4NO2. The number of halogens is 4. The van der Waals surface area contributed by atoms with Crippen LogP contribution in [0.25, 0.3) is 0 Å². The molecule has 19 heavy (non-hydrogen) atoms. The number of esters is 1. The average molecular weight is 279 g/mol. The number of hydrogen-bond acceptors (Lipinski definition) is 3. The molecule has 0 aliphatic heterocycles. The summed E-state index contributed by atoms with van der Waals surface area (Å²) in [5.74, 6) is -1.52.